The Morgan fingerprint density at radius 2 is 1.52 bits per heavy atom. The van der Waals surface area contributed by atoms with Gasteiger partial charge in [-0.3, -0.25) is 30.0 Å². The lowest BCUT2D eigenvalue weighted by Crippen LogP contribution is -2.43. The van der Waals surface area contributed by atoms with Crippen molar-refractivity contribution in [3.05, 3.63) is 86.6 Å². The molecule has 2 aromatic heterocycles. The van der Waals surface area contributed by atoms with Gasteiger partial charge in [0.15, 0.2) is 5.69 Å². The zero-order valence-corrected chi connectivity index (χ0v) is 15.2. The molecule has 0 saturated carbocycles. The number of H-pyrrole nitrogens is 1. The minimum atomic E-state index is -0.695. The van der Waals surface area contributed by atoms with Gasteiger partial charge in [-0.1, -0.05) is 36.4 Å². The molecule has 0 saturated heterocycles. The third-order valence-corrected chi connectivity index (χ3v) is 4.46. The lowest BCUT2D eigenvalue weighted by Gasteiger charge is -2.11. The number of hydrazine groups is 1. The minimum absolute atomic E-state index is 0.0150. The highest BCUT2D eigenvalue weighted by atomic mass is 16.2. The largest absolute Gasteiger partial charge is 0.322 e. The van der Waals surface area contributed by atoms with E-state index in [0.29, 0.717) is 21.7 Å². The number of nitrogens with one attached hydrogen (secondary N) is 3. The van der Waals surface area contributed by atoms with Gasteiger partial charge in [0.25, 0.3) is 17.4 Å². The quantitative estimate of drug-likeness (QED) is 0.438. The van der Waals surface area contributed by atoms with E-state index in [0.717, 1.165) is 10.7 Å². The third kappa shape index (κ3) is 3.25. The zero-order chi connectivity index (χ0) is 20.5. The molecule has 0 aliphatic heterocycles. The number of hydrogen-bond donors (Lipinski definition) is 3. The standard InChI is InChI=1S/C20H15N5O4/c1-25-20(29)13-8-3-2-7-12(13)17(24-25)19(28)23-22-18(27)14-10-16(26)21-15-9-5-4-6-11(14)15/h2-10H,1H3,(H,21,26)(H,22,27)(H,23,28). The number of rotatable bonds is 2. The summed E-state index contributed by atoms with van der Waals surface area (Å²) in [6.07, 6.45) is 0. The number of fused-ring (bicyclic) bond motifs is 2. The van der Waals surface area contributed by atoms with E-state index in [4.69, 9.17) is 0 Å². The molecule has 144 valence electrons. The number of pyridine rings is 1. The lowest BCUT2D eigenvalue weighted by atomic mass is 10.1. The van der Waals surface area contributed by atoms with Gasteiger partial charge in [-0.2, -0.15) is 5.10 Å². The lowest BCUT2D eigenvalue weighted by molar-refractivity contribution is 0.0844. The van der Waals surface area contributed by atoms with E-state index >= 15 is 0 Å². The predicted molar refractivity (Wildman–Crippen MR) is 106 cm³/mol. The second kappa shape index (κ2) is 7.04. The monoisotopic (exact) mass is 389 g/mol. The van der Waals surface area contributed by atoms with Crippen LogP contribution in [0.15, 0.2) is 64.2 Å². The number of amides is 2. The molecule has 0 spiro atoms. The van der Waals surface area contributed by atoms with Crippen LogP contribution in [0.2, 0.25) is 0 Å². The number of aromatic nitrogens is 3. The summed E-state index contributed by atoms with van der Waals surface area (Å²) in [5.41, 5.74) is 4.41. The maximum atomic E-state index is 12.6. The van der Waals surface area contributed by atoms with E-state index in [1.165, 1.54) is 7.05 Å². The Balaban J connectivity index is 1.64. The van der Waals surface area contributed by atoms with Gasteiger partial charge in [0.1, 0.15) is 0 Å². The van der Waals surface area contributed by atoms with Crippen LogP contribution in [0.25, 0.3) is 21.7 Å². The molecular weight excluding hydrogens is 374 g/mol. The van der Waals surface area contributed by atoms with Crippen molar-refractivity contribution in [2.75, 3.05) is 0 Å². The van der Waals surface area contributed by atoms with Gasteiger partial charge in [0, 0.05) is 29.4 Å². The fourth-order valence-corrected chi connectivity index (χ4v) is 3.10. The molecule has 0 aliphatic rings. The predicted octanol–water partition coefficient (Wildman–Crippen LogP) is 0.850. The van der Waals surface area contributed by atoms with Crippen LogP contribution >= 0.6 is 0 Å². The average molecular weight is 389 g/mol. The van der Waals surface area contributed by atoms with Gasteiger partial charge in [-0.05, 0) is 12.1 Å². The molecule has 2 amide bonds. The van der Waals surface area contributed by atoms with E-state index in [-0.39, 0.29) is 16.8 Å². The number of benzene rings is 2. The molecule has 0 aliphatic carbocycles. The Bertz CT molecular complexity index is 1400. The molecule has 29 heavy (non-hydrogen) atoms. The molecule has 0 atom stereocenters. The van der Waals surface area contributed by atoms with E-state index in [1.54, 1.807) is 48.5 Å². The highest BCUT2D eigenvalue weighted by molar-refractivity contribution is 6.08. The number of para-hydroxylation sites is 1. The van der Waals surface area contributed by atoms with Crippen molar-refractivity contribution >= 4 is 33.5 Å². The normalized spacial score (nSPS) is 10.8. The van der Waals surface area contributed by atoms with Crippen LogP contribution in [-0.2, 0) is 7.05 Å². The highest BCUT2D eigenvalue weighted by Gasteiger charge is 2.17. The molecule has 0 bridgehead atoms. The molecular formula is C20H15N5O4. The van der Waals surface area contributed by atoms with Crippen LogP contribution in [0, 0.1) is 0 Å². The molecule has 3 N–H and O–H groups in total. The van der Waals surface area contributed by atoms with Crippen molar-refractivity contribution < 1.29 is 9.59 Å². The molecule has 2 aromatic carbocycles. The third-order valence-electron chi connectivity index (χ3n) is 4.46. The van der Waals surface area contributed by atoms with Crippen molar-refractivity contribution in [1.29, 1.82) is 0 Å². The summed E-state index contributed by atoms with van der Waals surface area (Å²) in [6.45, 7) is 0. The maximum Gasteiger partial charge on any atom is 0.290 e. The van der Waals surface area contributed by atoms with Crippen LogP contribution in [-0.4, -0.2) is 26.6 Å². The van der Waals surface area contributed by atoms with Crippen LogP contribution in [0.5, 0.6) is 0 Å². The van der Waals surface area contributed by atoms with Crippen LogP contribution in [0.1, 0.15) is 20.8 Å². The Labute approximate surface area is 162 Å². The number of nitrogens with zero attached hydrogens (tertiary/aromatic N) is 2. The summed E-state index contributed by atoms with van der Waals surface area (Å²) in [5, 5.41) is 5.23. The summed E-state index contributed by atoms with van der Waals surface area (Å²) in [5.74, 6) is -1.35. The number of aryl methyl sites for hydroxylation is 1. The average Bonchev–Trinajstić information content (AvgIpc) is 2.73. The van der Waals surface area contributed by atoms with Crippen LogP contribution in [0.3, 0.4) is 0 Å². The van der Waals surface area contributed by atoms with Gasteiger partial charge in [-0.15, -0.1) is 0 Å². The van der Waals surface area contributed by atoms with E-state index in [2.05, 4.69) is 20.9 Å². The van der Waals surface area contributed by atoms with E-state index < -0.39 is 17.4 Å². The zero-order valence-electron chi connectivity index (χ0n) is 15.2. The molecule has 4 rings (SSSR count). The second-order valence-corrected chi connectivity index (χ2v) is 6.32. The first-order valence-corrected chi connectivity index (χ1v) is 8.64. The molecule has 0 radical (unpaired) electrons. The first-order valence-electron chi connectivity index (χ1n) is 8.64. The van der Waals surface area contributed by atoms with Crippen molar-refractivity contribution in [1.82, 2.24) is 25.6 Å². The molecule has 9 heteroatoms. The van der Waals surface area contributed by atoms with E-state index in [9.17, 15) is 19.2 Å². The number of carbonyl (C=O) groups excluding carboxylic acids is 2. The fourth-order valence-electron chi connectivity index (χ4n) is 3.10. The number of aromatic amines is 1. The summed E-state index contributed by atoms with van der Waals surface area (Å²) >= 11 is 0. The second-order valence-electron chi connectivity index (χ2n) is 6.32. The van der Waals surface area contributed by atoms with Crippen LogP contribution < -0.4 is 22.0 Å². The maximum absolute atomic E-state index is 12.6. The fraction of sp³-hybridized carbons (Fsp3) is 0.0500. The Kier molecular flexibility index (Phi) is 4.40. The summed E-state index contributed by atoms with van der Waals surface area (Å²) < 4.78 is 1.06. The van der Waals surface area contributed by atoms with Crippen molar-refractivity contribution in [3.63, 3.8) is 0 Å². The molecule has 0 unspecified atom stereocenters. The Morgan fingerprint density at radius 1 is 0.897 bits per heavy atom. The first-order chi connectivity index (χ1) is 14.0. The van der Waals surface area contributed by atoms with Gasteiger partial charge >= 0.3 is 0 Å². The first kappa shape index (κ1) is 18.1. The SMILES string of the molecule is Cn1nc(C(=O)NNC(=O)c2cc(=O)[nH]c3ccccc23)c2ccccc2c1=O. The van der Waals surface area contributed by atoms with E-state index in [1.807, 2.05) is 0 Å². The molecule has 9 nitrogen and oxygen atoms in total. The van der Waals surface area contributed by atoms with Crippen molar-refractivity contribution in [2.45, 2.75) is 0 Å². The molecule has 4 aromatic rings. The molecule has 0 fully saturated rings. The Morgan fingerprint density at radius 3 is 2.28 bits per heavy atom. The van der Waals surface area contributed by atoms with Crippen molar-refractivity contribution in [3.8, 4) is 0 Å². The summed E-state index contributed by atoms with van der Waals surface area (Å²) in [7, 11) is 1.44. The van der Waals surface area contributed by atoms with Gasteiger partial charge in [-0.25, -0.2) is 4.68 Å². The smallest absolute Gasteiger partial charge is 0.290 e. The number of hydrogen-bond acceptors (Lipinski definition) is 5. The van der Waals surface area contributed by atoms with Gasteiger partial charge in [0.2, 0.25) is 5.56 Å². The Hall–Kier alpha value is -4.27. The van der Waals surface area contributed by atoms with Crippen molar-refractivity contribution in [2.24, 2.45) is 7.05 Å². The summed E-state index contributed by atoms with van der Waals surface area (Å²) in [6, 6.07) is 14.5. The van der Waals surface area contributed by atoms with Gasteiger partial charge < -0.3 is 4.98 Å². The van der Waals surface area contributed by atoms with Crippen LogP contribution in [0.4, 0.5) is 0 Å². The van der Waals surface area contributed by atoms with Gasteiger partial charge in [0.05, 0.1) is 10.9 Å². The highest BCUT2D eigenvalue weighted by Crippen LogP contribution is 2.15. The topological polar surface area (TPSA) is 126 Å². The number of carbonyl (C=O) groups is 2. The molecule has 2 heterocycles. The minimum Gasteiger partial charge on any atom is -0.322 e. The summed E-state index contributed by atoms with van der Waals surface area (Å²) in [4.78, 5) is 51.8.